The van der Waals surface area contributed by atoms with Gasteiger partial charge in [-0.05, 0) is 12.5 Å². The van der Waals surface area contributed by atoms with Gasteiger partial charge in [0, 0.05) is 12.5 Å². The van der Waals surface area contributed by atoms with Crippen LogP contribution in [-0.4, -0.2) is 5.11 Å². The van der Waals surface area contributed by atoms with Crippen LogP contribution < -0.4 is 4.73 Å². The average molecular weight is 294 g/mol. The van der Waals surface area contributed by atoms with Crippen LogP contribution in [0.1, 0.15) is 44.7 Å². The summed E-state index contributed by atoms with van der Waals surface area (Å²) < 4.78 is 0.858. The van der Waals surface area contributed by atoms with E-state index >= 15 is 0 Å². The van der Waals surface area contributed by atoms with Crippen LogP contribution in [-0.2, 0) is 6.42 Å². The van der Waals surface area contributed by atoms with Gasteiger partial charge in [0.15, 0.2) is 10.8 Å². The van der Waals surface area contributed by atoms with Gasteiger partial charge in [0.05, 0.1) is 5.39 Å². The van der Waals surface area contributed by atoms with Gasteiger partial charge in [-0.2, -0.15) is 4.73 Å². The Morgan fingerprint density at radius 1 is 1.15 bits per heavy atom. The van der Waals surface area contributed by atoms with Crippen LogP contribution in [0.4, 0.5) is 0 Å². The van der Waals surface area contributed by atoms with Crippen LogP contribution in [0.25, 0.3) is 10.9 Å². The monoisotopic (exact) mass is 293 g/mol. The van der Waals surface area contributed by atoms with Crippen molar-refractivity contribution in [2.45, 2.75) is 45.4 Å². The van der Waals surface area contributed by atoms with Gasteiger partial charge in [0.1, 0.15) is 0 Å². The van der Waals surface area contributed by atoms with E-state index in [-0.39, 0.29) is 10.8 Å². The van der Waals surface area contributed by atoms with Crippen LogP contribution in [0.2, 0.25) is 5.02 Å². The molecule has 0 atom stereocenters. The number of pyridine rings is 1. The van der Waals surface area contributed by atoms with Crippen molar-refractivity contribution in [1.29, 1.82) is 0 Å². The average Bonchev–Trinajstić information content (AvgIpc) is 2.48. The summed E-state index contributed by atoms with van der Waals surface area (Å²) in [5.41, 5.74) is 0.942. The molecule has 0 spiro atoms. The van der Waals surface area contributed by atoms with Crippen LogP contribution in [0.3, 0.4) is 0 Å². The number of halogens is 1. The highest BCUT2D eigenvalue weighted by Crippen LogP contribution is 2.33. The second kappa shape index (κ2) is 6.80. The van der Waals surface area contributed by atoms with Crippen molar-refractivity contribution in [3.05, 3.63) is 40.2 Å². The number of aromatic nitrogens is 1. The largest absolute Gasteiger partial charge is 0.618 e. The molecule has 0 saturated carbocycles. The molecule has 1 aromatic heterocycles. The van der Waals surface area contributed by atoms with Gasteiger partial charge in [-0.25, -0.2) is 0 Å². The molecular weight excluding hydrogens is 274 g/mol. The van der Waals surface area contributed by atoms with Crippen LogP contribution in [0.5, 0.6) is 5.75 Å². The highest BCUT2D eigenvalue weighted by Gasteiger charge is 2.21. The van der Waals surface area contributed by atoms with Crippen LogP contribution in [0, 0.1) is 5.21 Å². The zero-order valence-corrected chi connectivity index (χ0v) is 12.5. The summed E-state index contributed by atoms with van der Waals surface area (Å²) in [6.45, 7) is 2.17. The van der Waals surface area contributed by atoms with Crippen molar-refractivity contribution in [2.24, 2.45) is 0 Å². The van der Waals surface area contributed by atoms with E-state index in [4.69, 9.17) is 11.6 Å². The van der Waals surface area contributed by atoms with Crippen molar-refractivity contribution >= 4 is 22.5 Å². The Bertz CT molecular complexity index is 599. The SMILES string of the molecule is CCCCCCCc1c(Cl)c(O)c2ccccc2[n+]1[O-]. The maximum absolute atomic E-state index is 12.3. The van der Waals surface area contributed by atoms with E-state index in [0.29, 0.717) is 23.0 Å². The molecule has 0 aliphatic carbocycles. The lowest BCUT2D eigenvalue weighted by molar-refractivity contribution is -0.586. The lowest BCUT2D eigenvalue weighted by Gasteiger charge is -2.11. The van der Waals surface area contributed by atoms with Gasteiger partial charge in [-0.3, -0.25) is 0 Å². The summed E-state index contributed by atoms with van der Waals surface area (Å²) in [5, 5.41) is 23.2. The molecule has 2 aromatic rings. The third-order valence-electron chi connectivity index (χ3n) is 3.60. The first kappa shape index (κ1) is 14.9. The summed E-state index contributed by atoms with van der Waals surface area (Å²) >= 11 is 6.15. The number of nitrogens with zero attached hydrogens (tertiary/aromatic N) is 1. The fourth-order valence-corrected chi connectivity index (χ4v) is 2.72. The van der Waals surface area contributed by atoms with Crippen LogP contribution in [0.15, 0.2) is 24.3 Å². The van der Waals surface area contributed by atoms with E-state index in [1.807, 2.05) is 0 Å². The fourth-order valence-electron chi connectivity index (χ4n) is 2.45. The maximum Gasteiger partial charge on any atom is 0.227 e. The number of benzene rings is 1. The van der Waals surface area contributed by atoms with E-state index in [1.54, 1.807) is 24.3 Å². The Morgan fingerprint density at radius 2 is 1.85 bits per heavy atom. The number of hydrogen-bond donors (Lipinski definition) is 1. The lowest BCUT2D eigenvalue weighted by atomic mass is 10.1. The predicted molar refractivity (Wildman–Crippen MR) is 82.0 cm³/mol. The Balaban J connectivity index is 2.24. The first-order valence-electron chi connectivity index (χ1n) is 7.18. The van der Waals surface area contributed by atoms with Gasteiger partial charge >= 0.3 is 0 Å². The first-order chi connectivity index (χ1) is 9.66. The number of para-hydroxylation sites is 1. The minimum absolute atomic E-state index is 0.0120. The summed E-state index contributed by atoms with van der Waals surface area (Å²) in [5.74, 6) is 0.0120. The molecule has 0 aliphatic heterocycles. The van der Waals surface area contributed by atoms with Crippen molar-refractivity contribution in [1.82, 2.24) is 0 Å². The van der Waals surface area contributed by atoms with Crippen molar-refractivity contribution in [2.75, 3.05) is 0 Å². The topological polar surface area (TPSA) is 47.2 Å². The summed E-state index contributed by atoms with van der Waals surface area (Å²) in [7, 11) is 0. The van der Waals surface area contributed by atoms with Crippen molar-refractivity contribution < 1.29 is 9.84 Å². The van der Waals surface area contributed by atoms with Gasteiger partial charge in [0.25, 0.3) is 0 Å². The number of rotatable bonds is 6. The molecule has 0 saturated heterocycles. The van der Waals surface area contributed by atoms with Crippen molar-refractivity contribution in [3.8, 4) is 5.75 Å². The second-order valence-corrected chi connectivity index (χ2v) is 5.46. The smallest absolute Gasteiger partial charge is 0.227 e. The van der Waals surface area contributed by atoms with Crippen molar-refractivity contribution in [3.63, 3.8) is 0 Å². The molecule has 4 heteroatoms. The molecule has 0 amide bonds. The van der Waals surface area contributed by atoms with Gasteiger partial charge < -0.3 is 10.3 Å². The van der Waals surface area contributed by atoms with E-state index in [2.05, 4.69) is 6.92 Å². The fraction of sp³-hybridized carbons (Fsp3) is 0.438. The summed E-state index contributed by atoms with van der Waals surface area (Å²) in [4.78, 5) is 0. The maximum atomic E-state index is 12.3. The molecule has 0 aliphatic rings. The normalized spacial score (nSPS) is 11.1. The highest BCUT2D eigenvalue weighted by atomic mass is 35.5. The molecule has 108 valence electrons. The highest BCUT2D eigenvalue weighted by molar-refractivity contribution is 6.33. The van der Waals surface area contributed by atoms with Crippen LogP contribution >= 0.6 is 11.6 Å². The third-order valence-corrected chi connectivity index (χ3v) is 4.00. The zero-order chi connectivity index (χ0) is 14.5. The molecule has 20 heavy (non-hydrogen) atoms. The quantitative estimate of drug-likeness (QED) is 0.489. The van der Waals surface area contributed by atoms with E-state index in [9.17, 15) is 10.3 Å². The van der Waals surface area contributed by atoms with Gasteiger partial charge in [-0.1, -0.05) is 56.3 Å². The molecule has 0 unspecified atom stereocenters. The van der Waals surface area contributed by atoms with E-state index in [1.165, 1.54) is 19.3 Å². The Labute approximate surface area is 124 Å². The Hall–Kier alpha value is -1.48. The summed E-state index contributed by atoms with van der Waals surface area (Å²) in [6, 6.07) is 6.98. The molecule has 0 bridgehead atoms. The second-order valence-electron chi connectivity index (χ2n) is 5.09. The standard InChI is InChI=1S/C16H20ClNO2/c1-2-3-4-5-6-11-14-15(17)16(19)12-9-7-8-10-13(12)18(14)20/h7-10,19H,2-6,11H2,1H3. The van der Waals surface area contributed by atoms with Gasteiger partial charge in [-0.15, -0.1) is 0 Å². The lowest BCUT2D eigenvalue weighted by Crippen LogP contribution is -2.33. The molecular formula is C16H20ClNO2. The van der Waals surface area contributed by atoms with E-state index < -0.39 is 0 Å². The Kier molecular flexibility index (Phi) is 5.07. The molecule has 3 nitrogen and oxygen atoms in total. The molecule has 1 N–H and O–H groups in total. The minimum atomic E-state index is 0.0120. The predicted octanol–water partition coefficient (Wildman–Crippen LogP) is 4.35. The van der Waals surface area contributed by atoms with Gasteiger partial charge in [0.2, 0.25) is 11.2 Å². The molecule has 1 heterocycles. The number of hydrogen-bond acceptors (Lipinski definition) is 2. The number of aromatic hydroxyl groups is 1. The minimum Gasteiger partial charge on any atom is -0.618 e. The molecule has 0 fully saturated rings. The zero-order valence-electron chi connectivity index (χ0n) is 11.7. The Morgan fingerprint density at radius 3 is 2.60 bits per heavy atom. The van der Waals surface area contributed by atoms with E-state index in [0.717, 1.165) is 17.6 Å². The first-order valence-corrected chi connectivity index (χ1v) is 7.56. The molecule has 0 radical (unpaired) electrons. The number of unbranched alkanes of at least 4 members (excludes halogenated alkanes) is 4. The number of fused-ring (bicyclic) bond motifs is 1. The third kappa shape index (κ3) is 2.98. The molecule has 2 rings (SSSR count). The summed E-state index contributed by atoms with van der Waals surface area (Å²) in [6.07, 6.45) is 6.18. The molecule has 1 aromatic carbocycles.